The molecule has 0 aromatic heterocycles. The van der Waals surface area contributed by atoms with Gasteiger partial charge in [-0.15, -0.1) is 0 Å². The average molecular weight is 288 g/mol. The number of hydrogen-bond acceptors (Lipinski definition) is 5. The Morgan fingerprint density at radius 2 is 2.15 bits per heavy atom. The van der Waals surface area contributed by atoms with Gasteiger partial charge in [0.05, 0.1) is 20.3 Å². The Hall–Kier alpha value is -1.83. The molecule has 0 aliphatic carbocycles. The van der Waals surface area contributed by atoms with Crippen LogP contribution in [0.2, 0.25) is 0 Å². The fraction of sp³-hybridized carbons (Fsp3) is 0.750. The molecular weight excluding hydrogens is 268 g/mol. The number of carbonyl (C=O) groups excluding carboxylic acids is 2. The Morgan fingerprint density at radius 3 is 2.75 bits per heavy atom. The normalized spacial score (nSPS) is 18.5. The van der Waals surface area contributed by atoms with Crippen LogP contribution in [0.5, 0.6) is 0 Å². The molecular formula is C12H20N2O6. The van der Waals surface area contributed by atoms with Crippen molar-refractivity contribution in [3.63, 3.8) is 0 Å². The Kier molecular flexibility index (Phi) is 6.23. The van der Waals surface area contributed by atoms with E-state index in [0.717, 1.165) is 0 Å². The first-order valence-corrected chi connectivity index (χ1v) is 6.37. The number of esters is 1. The van der Waals surface area contributed by atoms with Crippen LogP contribution in [0.15, 0.2) is 0 Å². The highest BCUT2D eigenvalue weighted by atomic mass is 16.5. The van der Waals surface area contributed by atoms with Gasteiger partial charge in [0, 0.05) is 26.6 Å². The summed E-state index contributed by atoms with van der Waals surface area (Å²) in [6.07, 6.45) is -0.229. The molecule has 8 nitrogen and oxygen atoms in total. The summed E-state index contributed by atoms with van der Waals surface area (Å²) in [5.74, 6) is -1.39. The second-order valence-electron chi connectivity index (χ2n) is 4.53. The van der Waals surface area contributed by atoms with Gasteiger partial charge in [0.2, 0.25) is 0 Å². The SMILES string of the molecule is COC(=O)CCCN(C)C(=O)N1CCOC(C(=O)O)C1. The van der Waals surface area contributed by atoms with Crippen molar-refractivity contribution in [1.29, 1.82) is 0 Å². The van der Waals surface area contributed by atoms with Gasteiger partial charge in [0.15, 0.2) is 6.10 Å². The van der Waals surface area contributed by atoms with Crippen LogP contribution >= 0.6 is 0 Å². The maximum atomic E-state index is 12.1. The first kappa shape index (κ1) is 16.2. The number of nitrogens with zero attached hydrogens (tertiary/aromatic N) is 2. The topological polar surface area (TPSA) is 96.4 Å². The summed E-state index contributed by atoms with van der Waals surface area (Å²) in [7, 11) is 2.93. The van der Waals surface area contributed by atoms with Crippen LogP contribution < -0.4 is 0 Å². The van der Waals surface area contributed by atoms with Crippen molar-refractivity contribution in [2.75, 3.05) is 40.4 Å². The van der Waals surface area contributed by atoms with Gasteiger partial charge in [0.1, 0.15) is 0 Å². The second kappa shape index (κ2) is 7.68. The van der Waals surface area contributed by atoms with E-state index in [1.54, 1.807) is 7.05 Å². The Bertz CT molecular complexity index is 373. The predicted octanol–water partition coefficient (Wildman–Crippen LogP) is -0.223. The zero-order chi connectivity index (χ0) is 15.1. The van der Waals surface area contributed by atoms with Gasteiger partial charge in [-0.1, -0.05) is 0 Å². The largest absolute Gasteiger partial charge is 0.479 e. The maximum Gasteiger partial charge on any atom is 0.334 e. The van der Waals surface area contributed by atoms with E-state index in [0.29, 0.717) is 19.5 Å². The van der Waals surface area contributed by atoms with Crippen molar-refractivity contribution in [2.45, 2.75) is 18.9 Å². The fourth-order valence-corrected chi connectivity index (χ4v) is 1.87. The highest BCUT2D eigenvalue weighted by Crippen LogP contribution is 2.08. The van der Waals surface area contributed by atoms with Crippen LogP contribution in [-0.4, -0.2) is 79.4 Å². The molecule has 1 fully saturated rings. The Morgan fingerprint density at radius 1 is 1.45 bits per heavy atom. The predicted molar refractivity (Wildman–Crippen MR) is 68.2 cm³/mol. The summed E-state index contributed by atoms with van der Waals surface area (Å²) in [6.45, 7) is 1.02. The minimum absolute atomic E-state index is 0.0372. The number of rotatable bonds is 5. The molecule has 0 saturated carbocycles. The van der Waals surface area contributed by atoms with Crippen LogP contribution in [0, 0.1) is 0 Å². The van der Waals surface area contributed by atoms with E-state index in [9.17, 15) is 14.4 Å². The average Bonchev–Trinajstić information content (AvgIpc) is 2.46. The monoisotopic (exact) mass is 288 g/mol. The van der Waals surface area contributed by atoms with Gasteiger partial charge in [0.25, 0.3) is 0 Å². The number of urea groups is 1. The molecule has 0 radical (unpaired) electrons. The summed E-state index contributed by atoms with van der Waals surface area (Å²) in [4.78, 5) is 36.8. The van der Waals surface area contributed by atoms with Crippen molar-refractivity contribution < 1.29 is 29.0 Å². The van der Waals surface area contributed by atoms with Crippen molar-refractivity contribution in [2.24, 2.45) is 0 Å². The van der Waals surface area contributed by atoms with Gasteiger partial charge in [-0.25, -0.2) is 9.59 Å². The number of morpholine rings is 1. The van der Waals surface area contributed by atoms with Crippen LogP contribution in [0.3, 0.4) is 0 Å². The molecule has 8 heteroatoms. The van der Waals surface area contributed by atoms with Crippen LogP contribution in [0.25, 0.3) is 0 Å². The minimum Gasteiger partial charge on any atom is -0.479 e. The number of amides is 2. The van der Waals surface area contributed by atoms with Crippen LogP contribution in [0.1, 0.15) is 12.8 Å². The lowest BCUT2D eigenvalue weighted by molar-refractivity contribution is -0.154. The molecule has 1 heterocycles. The number of ether oxygens (including phenoxy) is 2. The molecule has 1 saturated heterocycles. The van der Waals surface area contributed by atoms with Gasteiger partial charge in [-0.2, -0.15) is 0 Å². The number of carboxylic acids is 1. The number of carboxylic acid groups (broad SMARTS) is 1. The third-order valence-electron chi connectivity index (χ3n) is 3.04. The molecule has 0 bridgehead atoms. The fourth-order valence-electron chi connectivity index (χ4n) is 1.87. The quantitative estimate of drug-likeness (QED) is 0.702. The Balaban J connectivity index is 2.39. The van der Waals surface area contributed by atoms with E-state index >= 15 is 0 Å². The summed E-state index contributed by atoms with van der Waals surface area (Å²) in [5, 5.41) is 8.88. The molecule has 114 valence electrons. The van der Waals surface area contributed by atoms with Crippen molar-refractivity contribution in [3.05, 3.63) is 0 Å². The number of hydrogen-bond donors (Lipinski definition) is 1. The zero-order valence-corrected chi connectivity index (χ0v) is 11.7. The molecule has 1 atom stereocenters. The summed E-state index contributed by atoms with van der Waals surface area (Å²) in [5.41, 5.74) is 0. The van der Waals surface area contributed by atoms with E-state index in [2.05, 4.69) is 4.74 Å². The molecule has 2 amide bonds. The molecule has 1 aliphatic rings. The van der Waals surface area contributed by atoms with Crippen LogP contribution in [-0.2, 0) is 19.1 Å². The van der Waals surface area contributed by atoms with Crippen LogP contribution in [0.4, 0.5) is 4.79 Å². The lowest BCUT2D eigenvalue weighted by Crippen LogP contribution is -2.52. The maximum absolute atomic E-state index is 12.1. The summed E-state index contributed by atoms with van der Waals surface area (Å²) >= 11 is 0. The molecule has 0 aromatic rings. The highest BCUT2D eigenvalue weighted by molar-refractivity contribution is 5.77. The van der Waals surface area contributed by atoms with Crippen molar-refractivity contribution in [3.8, 4) is 0 Å². The van der Waals surface area contributed by atoms with E-state index in [-0.39, 0.29) is 31.6 Å². The van der Waals surface area contributed by atoms with Gasteiger partial charge < -0.3 is 24.4 Å². The molecule has 1 aliphatic heterocycles. The van der Waals surface area contributed by atoms with Crippen molar-refractivity contribution in [1.82, 2.24) is 9.80 Å². The molecule has 1 unspecified atom stereocenters. The third-order valence-corrected chi connectivity index (χ3v) is 3.04. The smallest absolute Gasteiger partial charge is 0.334 e. The second-order valence-corrected chi connectivity index (χ2v) is 4.53. The highest BCUT2D eigenvalue weighted by Gasteiger charge is 2.30. The third kappa shape index (κ3) is 4.69. The standard InChI is InChI=1S/C12H20N2O6/c1-13(5-3-4-10(15)19-2)12(18)14-6-7-20-9(8-14)11(16)17/h9H,3-8H2,1-2H3,(H,16,17). The molecule has 1 N–H and O–H groups in total. The van der Waals surface area contributed by atoms with E-state index in [1.807, 2.05) is 0 Å². The number of methoxy groups -OCH3 is 1. The molecule has 20 heavy (non-hydrogen) atoms. The zero-order valence-electron chi connectivity index (χ0n) is 11.7. The lowest BCUT2D eigenvalue weighted by Gasteiger charge is -2.33. The summed E-state index contributed by atoms with van der Waals surface area (Å²) < 4.78 is 9.57. The van der Waals surface area contributed by atoms with Gasteiger partial charge in [-0.05, 0) is 6.42 Å². The van der Waals surface area contributed by atoms with E-state index in [4.69, 9.17) is 9.84 Å². The van der Waals surface area contributed by atoms with E-state index in [1.165, 1.54) is 16.9 Å². The number of carbonyl (C=O) groups is 3. The minimum atomic E-state index is -1.07. The molecule has 1 rings (SSSR count). The number of aliphatic carboxylic acids is 1. The van der Waals surface area contributed by atoms with E-state index < -0.39 is 12.1 Å². The molecule has 0 aromatic carbocycles. The first-order chi connectivity index (χ1) is 9.45. The van der Waals surface area contributed by atoms with Crippen molar-refractivity contribution >= 4 is 18.0 Å². The summed E-state index contributed by atoms with van der Waals surface area (Å²) in [6, 6.07) is -0.260. The Labute approximate surface area is 117 Å². The van der Waals surface area contributed by atoms with Gasteiger partial charge in [-0.3, -0.25) is 4.79 Å². The first-order valence-electron chi connectivity index (χ1n) is 6.37. The molecule has 0 spiro atoms. The lowest BCUT2D eigenvalue weighted by atomic mass is 10.2. The van der Waals surface area contributed by atoms with Gasteiger partial charge >= 0.3 is 18.0 Å².